The Hall–Kier alpha value is -2.00. The second-order valence-corrected chi connectivity index (χ2v) is 5.26. The second kappa shape index (κ2) is 5.17. The largest absolute Gasteiger partial charge is 0.454 e. The van der Waals surface area contributed by atoms with Gasteiger partial charge in [0.1, 0.15) is 0 Å². The van der Waals surface area contributed by atoms with Gasteiger partial charge < -0.3 is 14.6 Å². The van der Waals surface area contributed by atoms with Gasteiger partial charge in [-0.05, 0) is 42.7 Å². The first-order chi connectivity index (χ1) is 9.63. The molecule has 3 nitrogen and oxygen atoms in total. The van der Waals surface area contributed by atoms with Crippen molar-refractivity contribution in [3.8, 4) is 11.5 Å². The molecule has 1 atom stereocenters. The van der Waals surface area contributed by atoms with E-state index in [2.05, 4.69) is 32.0 Å². The Kier molecular flexibility index (Phi) is 3.36. The van der Waals surface area contributed by atoms with Crippen LogP contribution >= 0.6 is 0 Å². The van der Waals surface area contributed by atoms with E-state index in [1.165, 1.54) is 16.7 Å². The average molecular weight is 270 g/mol. The van der Waals surface area contributed by atoms with Crippen molar-refractivity contribution in [2.24, 2.45) is 0 Å². The van der Waals surface area contributed by atoms with E-state index in [0.717, 1.165) is 11.3 Å². The molecule has 0 saturated carbocycles. The topological polar surface area (TPSA) is 38.7 Å². The van der Waals surface area contributed by atoms with Crippen LogP contribution in [0.2, 0.25) is 0 Å². The van der Waals surface area contributed by atoms with Crippen molar-refractivity contribution in [2.75, 3.05) is 6.79 Å². The van der Waals surface area contributed by atoms with Crippen molar-refractivity contribution < 1.29 is 14.6 Å². The SMILES string of the molecule is Cc1ccc(C)c(CC(O)c2ccc3c(c2)OCO3)c1. The molecule has 2 aromatic carbocycles. The van der Waals surface area contributed by atoms with Gasteiger partial charge in [-0.2, -0.15) is 0 Å². The molecule has 3 heteroatoms. The standard InChI is InChI=1S/C17H18O3/c1-11-3-4-12(2)14(7-11)8-15(18)13-5-6-16-17(9-13)20-10-19-16/h3-7,9,15,18H,8,10H2,1-2H3. The summed E-state index contributed by atoms with van der Waals surface area (Å²) in [6.45, 7) is 4.39. The number of hydrogen-bond acceptors (Lipinski definition) is 3. The molecule has 104 valence electrons. The van der Waals surface area contributed by atoms with E-state index in [0.29, 0.717) is 12.2 Å². The Labute approximate surface area is 118 Å². The zero-order chi connectivity index (χ0) is 14.1. The fourth-order valence-corrected chi connectivity index (χ4v) is 2.47. The lowest BCUT2D eigenvalue weighted by atomic mass is 9.96. The lowest BCUT2D eigenvalue weighted by Crippen LogP contribution is -2.03. The fourth-order valence-electron chi connectivity index (χ4n) is 2.47. The molecule has 2 aromatic rings. The van der Waals surface area contributed by atoms with Crippen molar-refractivity contribution in [1.29, 1.82) is 0 Å². The van der Waals surface area contributed by atoms with E-state index in [1.54, 1.807) is 0 Å². The summed E-state index contributed by atoms with van der Waals surface area (Å²) in [6, 6.07) is 11.9. The lowest BCUT2D eigenvalue weighted by molar-refractivity contribution is 0.171. The average Bonchev–Trinajstić information content (AvgIpc) is 2.90. The number of hydrogen-bond donors (Lipinski definition) is 1. The van der Waals surface area contributed by atoms with Crippen molar-refractivity contribution in [3.63, 3.8) is 0 Å². The molecule has 1 aliphatic heterocycles. The van der Waals surface area contributed by atoms with E-state index in [1.807, 2.05) is 18.2 Å². The molecule has 0 saturated heterocycles. The Morgan fingerprint density at radius 1 is 1.05 bits per heavy atom. The van der Waals surface area contributed by atoms with Crippen LogP contribution in [0.3, 0.4) is 0 Å². The van der Waals surface area contributed by atoms with Crippen LogP contribution in [0.1, 0.15) is 28.4 Å². The minimum Gasteiger partial charge on any atom is -0.454 e. The molecular formula is C17H18O3. The maximum Gasteiger partial charge on any atom is 0.231 e. The lowest BCUT2D eigenvalue weighted by Gasteiger charge is -2.14. The van der Waals surface area contributed by atoms with Gasteiger partial charge in [0.05, 0.1) is 6.10 Å². The van der Waals surface area contributed by atoms with Gasteiger partial charge in [-0.1, -0.05) is 29.8 Å². The monoisotopic (exact) mass is 270 g/mol. The Balaban J connectivity index is 1.82. The molecule has 0 radical (unpaired) electrons. The van der Waals surface area contributed by atoms with Gasteiger partial charge in [-0.25, -0.2) is 0 Å². The van der Waals surface area contributed by atoms with Crippen LogP contribution in [0.15, 0.2) is 36.4 Å². The third-order valence-electron chi connectivity index (χ3n) is 3.70. The predicted molar refractivity (Wildman–Crippen MR) is 77.1 cm³/mol. The predicted octanol–water partition coefficient (Wildman–Crippen LogP) is 3.31. The van der Waals surface area contributed by atoms with E-state index in [4.69, 9.17) is 9.47 Å². The molecule has 0 spiro atoms. The van der Waals surface area contributed by atoms with E-state index in [9.17, 15) is 5.11 Å². The molecule has 1 N–H and O–H groups in total. The summed E-state index contributed by atoms with van der Waals surface area (Å²) < 4.78 is 10.6. The maximum atomic E-state index is 10.4. The Morgan fingerprint density at radius 3 is 2.70 bits per heavy atom. The molecular weight excluding hydrogens is 252 g/mol. The zero-order valence-corrected chi connectivity index (χ0v) is 11.7. The fraction of sp³-hybridized carbons (Fsp3) is 0.294. The van der Waals surface area contributed by atoms with Crippen molar-refractivity contribution in [3.05, 3.63) is 58.7 Å². The smallest absolute Gasteiger partial charge is 0.231 e. The van der Waals surface area contributed by atoms with Crippen LogP contribution in [0, 0.1) is 13.8 Å². The minimum absolute atomic E-state index is 0.256. The molecule has 3 rings (SSSR count). The maximum absolute atomic E-state index is 10.4. The van der Waals surface area contributed by atoms with E-state index >= 15 is 0 Å². The third kappa shape index (κ3) is 2.49. The number of ether oxygens (including phenoxy) is 2. The number of aliphatic hydroxyl groups excluding tert-OH is 1. The molecule has 1 aliphatic rings. The van der Waals surface area contributed by atoms with E-state index < -0.39 is 6.10 Å². The summed E-state index contributed by atoms with van der Waals surface area (Å²) >= 11 is 0. The van der Waals surface area contributed by atoms with Crippen molar-refractivity contribution in [1.82, 2.24) is 0 Å². The number of rotatable bonds is 3. The first-order valence-corrected chi connectivity index (χ1v) is 6.77. The normalized spacial score (nSPS) is 14.3. The highest BCUT2D eigenvalue weighted by Gasteiger charge is 2.17. The minimum atomic E-state index is -0.537. The van der Waals surface area contributed by atoms with Crippen LogP contribution < -0.4 is 9.47 Å². The molecule has 0 fully saturated rings. The van der Waals surface area contributed by atoms with Gasteiger partial charge in [0.15, 0.2) is 11.5 Å². The number of aryl methyl sites for hydroxylation is 2. The Bertz CT molecular complexity index is 634. The molecule has 0 aromatic heterocycles. The first-order valence-electron chi connectivity index (χ1n) is 6.77. The molecule has 20 heavy (non-hydrogen) atoms. The highest BCUT2D eigenvalue weighted by atomic mass is 16.7. The van der Waals surface area contributed by atoms with Gasteiger partial charge in [-0.3, -0.25) is 0 Å². The summed E-state index contributed by atoms with van der Waals surface area (Å²) in [6.07, 6.45) is 0.0673. The second-order valence-electron chi connectivity index (χ2n) is 5.26. The summed E-state index contributed by atoms with van der Waals surface area (Å²) in [5, 5.41) is 10.4. The summed E-state index contributed by atoms with van der Waals surface area (Å²) in [7, 11) is 0. The highest BCUT2D eigenvalue weighted by Crippen LogP contribution is 2.35. The number of aliphatic hydroxyl groups is 1. The molecule has 0 aliphatic carbocycles. The molecule has 0 bridgehead atoms. The van der Waals surface area contributed by atoms with Gasteiger partial charge in [0.25, 0.3) is 0 Å². The van der Waals surface area contributed by atoms with Gasteiger partial charge in [0, 0.05) is 6.42 Å². The molecule has 0 amide bonds. The third-order valence-corrected chi connectivity index (χ3v) is 3.70. The van der Waals surface area contributed by atoms with Crippen LogP contribution in [-0.2, 0) is 6.42 Å². The van der Waals surface area contributed by atoms with Gasteiger partial charge in [0.2, 0.25) is 6.79 Å². The van der Waals surface area contributed by atoms with Gasteiger partial charge >= 0.3 is 0 Å². The number of fused-ring (bicyclic) bond motifs is 1. The van der Waals surface area contributed by atoms with Crippen LogP contribution in [0.4, 0.5) is 0 Å². The first kappa shape index (κ1) is 13.0. The van der Waals surface area contributed by atoms with Crippen LogP contribution in [0.5, 0.6) is 11.5 Å². The summed E-state index contributed by atoms with van der Waals surface area (Å²) in [5.74, 6) is 1.45. The summed E-state index contributed by atoms with van der Waals surface area (Å²) in [4.78, 5) is 0. The van der Waals surface area contributed by atoms with Crippen LogP contribution in [0.25, 0.3) is 0 Å². The van der Waals surface area contributed by atoms with Gasteiger partial charge in [-0.15, -0.1) is 0 Å². The molecule has 1 heterocycles. The highest BCUT2D eigenvalue weighted by molar-refractivity contribution is 5.45. The quantitative estimate of drug-likeness (QED) is 0.930. The van der Waals surface area contributed by atoms with E-state index in [-0.39, 0.29) is 6.79 Å². The van der Waals surface area contributed by atoms with Crippen LogP contribution in [-0.4, -0.2) is 11.9 Å². The van der Waals surface area contributed by atoms with Crippen molar-refractivity contribution in [2.45, 2.75) is 26.4 Å². The molecule has 1 unspecified atom stereocenters. The number of benzene rings is 2. The Morgan fingerprint density at radius 2 is 1.85 bits per heavy atom. The van der Waals surface area contributed by atoms with Crippen molar-refractivity contribution >= 4 is 0 Å². The summed E-state index contributed by atoms with van der Waals surface area (Å²) in [5.41, 5.74) is 4.45. The zero-order valence-electron chi connectivity index (χ0n) is 11.7.